The second kappa shape index (κ2) is 6.59. The second-order valence-electron chi connectivity index (χ2n) is 4.13. The molecule has 0 radical (unpaired) electrons. The number of rotatable bonds is 6. The fourth-order valence-corrected chi connectivity index (χ4v) is 1.52. The van der Waals surface area contributed by atoms with E-state index in [0.717, 1.165) is 6.42 Å². The van der Waals surface area contributed by atoms with Crippen LogP contribution >= 0.6 is 0 Å². The lowest BCUT2D eigenvalue weighted by Crippen LogP contribution is -2.14. The minimum atomic E-state index is 0.201. The van der Waals surface area contributed by atoms with Crippen LogP contribution in [0.15, 0.2) is 30.3 Å². The molecular formula is C13H20O2. The van der Waals surface area contributed by atoms with E-state index in [-0.39, 0.29) is 12.7 Å². The largest absolute Gasteiger partial charge is 0.396 e. The van der Waals surface area contributed by atoms with Gasteiger partial charge in [-0.05, 0) is 24.8 Å². The smallest absolute Gasteiger partial charge is 0.0720 e. The van der Waals surface area contributed by atoms with Crippen LogP contribution in [0.25, 0.3) is 0 Å². The van der Waals surface area contributed by atoms with Crippen LogP contribution in [0.5, 0.6) is 0 Å². The predicted octanol–water partition coefficient (Wildman–Crippen LogP) is 2.61. The van der Waals surface area contributed by atoms with E-state index in [2.05, 4.69) is 19.1 Å². The van der Waals surface area contributed by atoms with Gasteiger partial charge in [0.1, 0.15) is 0 Å². The van der Waals surface area contributed by atoms with Crippen molar-refractivity contribution >= 4 is 0 Å². The van der Waals surface area contributed by atoms with Gasteiger partial charge in [-0.1, -0.05) is 37.3 Å². The lowest BCUT2D eigenvalue weighted by Gasteiger charge is -2.16. The Balaban J connectivity index is 2.25. The van der Waals surface area contributed by atoms with Crippen molar-refractivity contribution in [2.24, 2.45) is 5.92 Å². The molecule has 0 heterocycles. The zero-order chi connectivity index (χ0) is 11.1. The minimum Gasteiger partial charge on any atom is -0.396 e. The highest BCUT2D eigenvalue weighted by Crippen LogP contribution is 2.10. The summed E-state index contributed by atoms with van der Waals surface area (Å²) in [4.78, 5) is 0. The average molecular weight is 208 g/mol. The summed E-state index contributed by atoms with van der Waals surface area (Å²) >= 11 is 0. The molecule has 1 aromatic rings. The van der Waals surface area contributed by atoms with E-state index in [1.807, 2.05) is 25.1 Å². The fraction of sp³-hybridized carbons (Fsp3) is 0.538. The maximum absolute atomic E-state index is 8.91. The van der Waals surface area contributed by atoms with Gasteiger partial charge in [-0.15, -0.1) is 0 Å². The van der Waals surface area contributed by atoms with Gasteiger partial charge in [0.05, 0.1) is 12.7 Å². The molecule has 0 saturated heterocycles. The lowest BCUT2D eigenvalue weighted by molar-refractivity contribution is 0.0317. The SMILES string of the molecule is CC(CO)C[C@@H](C)OCc1ccccc1. The Bertz CT molecular complexity index is 258. The molecule has 2 nitrogen and oxygen atoms in total. The molecule has 0 spiro atoms. The Hall–Kier alpha value is -0.860. The molecule has 15 heavy (non-hydrogen) atoms. The molecule has 1 rings (SSSR count). The van der Waals surface area contributed by atoms with E-state index in [0.29, 0.717) is 12.5 Å². The van der Waals surface area contributed by atoms with Crippen molar-refractivity contribution in [1.82, 2.24) is 0 Å². The second-order valence-corrected chi connectivity index (χ2v) is 4.13. The standard InChI is InChI=1S/C13H20O2/c1-11(9-14)8-12(2)15-10-13-6-4-3-5-7-13/h3-7,11-12,14H,8-10H2,1-2H3/t11?,12-/m1/s1. The van der Waals surface area contributed by atoms with Crippen LogP contribution in [-0.4, -0.2) is 17.8 Å². The summed E-state index contributed by atoms with van der Waals surface area (Å²) in [5, 5.41) is 8.91. The summed E-state index contributed by atoms with van der Waals surface area (Å²) in [6, 6.07) is 10.1. The summed E-state index contributed by atoms with van der Waals surface area (Å²) in [5.41, 5.74) is 1.20. The monoisotopic (exact) mass is 208 g/mol. The number of aliphatic hydroxyl groups excluding tert-OH is 1. The van der Waals surface area contributed by atoms with E-state index in [1.165, 1.54) is 5.56 Å². The van der Waals surface area contributed by atoms with Gasteiger partial charge in [0, 0.05) is 6.61 Å². The van der Waals surface area contributed by atoms with Gasteiger partial charge in [0.15, 0.2) is 0 Å². The van der Waals surface area contributed by atoms with Crippen LogP contribution in [0.3, 0.4) is 0 Å². The van der Waals surface area contributed by atoms with Crippen molar-refractivity contribution in [3.8, 4) is 0 Å². The van der Waals surface area contributed by atoms with Crippen LogP contribution in [0.2, 0.25) is 0 Å². The third-order valence-electron chi connectivity index (χ3n) is 2.42. The van der Waals surface area contributed by atoms with Gasteiger partial charge in [0.25, 0.3) is 0 Å². The third kappa shape index (κ3) is 4.96. The van der Waals surface area contributed by atoms with E-state index in [9.17, 15) is 0 Å². The number of benzene rings is 1. The molecule has 0 aliphatic carbocycles. The number of hydrogen-bond acceptors (Lipinski definition) is 2. The van der Waals surface area contributed by atoms with E-state index < -0.39 is 0 Å². The quantitative estimate of drug-likeness (QED) is 0.778. The van der Waals surface area contributed by atoms with Crippen LogP contribution in [0.1, 0.15) is 25.8 Å². The molecule has 0 aromatic heterocycles. The van der Waals surface area contributed by atoms with Gasteiger partial charge < -0.3 is 9.84 Å². The first kappa shape index (κ1) is 12.2. The van der Waals surface area contributed by atoms with Gasteiger partial charge in [-0.3, -0.25) is 0 Å². The maximum Gasteiger partial charge on any atom is 0.0720 e. The van der Waals surface area contributed by atoms with Gasteiger partial charge in [-0.25, -0.2) is 0 Å². The molecule has 0 fully saturated rings. The summed E-state index contributed by atoms with van der Waals surface area (Å²) < 4.78 is 5.69. The number of aliphatic hydroxyl groups is 1. The van der Waals surface area contributed by atoms with Crippen LogP contribution < -0.4 is 0 Å². The first-order valence-corrected chi connectivity index (χ1v) is 5.48. The normalized spacial score (nSPS) is 14.9. The molecule has 1 aromatic carbocycles. The summed E-state index contributed by atoms with van der Waals surface area (Å²) in [7, 11) is 0. The maximum atomic E-state index is 8.91. The van der Waals surface area contributed by atoms with Crippen molar-refractivity contribution in [3.05, 3.63) is 35.9 Å². The molecule has 0 amide bonds. The molecule has 0 bridgehead atoms. The zero-order valence-corrected chi connectivity index (χ0v) is 9.52. The van der Waals surface area contributed by atoms with Crippen molar-refractivity contribution in [3.63, 3.8) is 0 Å². The van der Waals surface area contributed by atoms with Crippen molar-refractivity contribution in [2.45, 2.75) is 33.0 Å². The first-order valence-electron chi connectivity index (χ1n) is 5.48. The Kier molecular flexibility index (Phi) is 5.37. The van der Waals surface area contributed by atoms with E-state index >= 15 is 0 Å². The zero-order valence-electron chi connectivity index (χ0n) is 9.52. The Labute approximate surface area is 91.9 Å². The third-order valence-corrected chi connectivity index (χ3v) is 2.42. The molecule has 2 atom stereocenters. The minimum absolute atomic E-state index is 0.201. The average Bonchev–Trinajstić information content (AvgIpc) is 2.27. The molecule has 0 aliphatic heterocycles. The molecule has 2 heteroatoms. The molecule has 1 N–H and O–H groups in total. The topological polar surface area (TPSA) is 29.5 Å². The molecule has 0 aliphatic rings. The highest BCUT2D eigenvalue weighted by Gasteiger charge is 2.07. The Morgan fingerprint density at radius 2 is 1.87 bits per heavy atom. The van der Waals surface area contributed by atoms with Crippen LogP contribution in [0, 0.1) is 5.92 Å². The highest BCUT2D eigenvalue weighted by molar-refractivity contribution is 5.13. The Morgan fingerprint density at radius 3 is 2.47 bits per heavy atom. The van der Waals surface area contributed by atoms with Gasteiger partial charge in [0.2, 0.25) is 0 Å². The lowest BCUT2D eigenvalue weighted by atomic mass is 10.1. The van der Waals surface area contributed by atoms with Crippen molar-refractivity contribution < 1.29 is 9.84 Å². The summed E-state index contributed by atoms with van der Waals surface area (Å²) in [6.45, 7) is 4.97. The molecule has 84 valence electrons. The molecular weight excluding hydrogens is 188 g/mol. The number of ether oxygens (including phenoxy) is 1. The van der Waals surface area contributed by atoms with E-state index in [1.54, 1.807) is 0 Å². The molecule has 0 saturated carbocycles. The number of hydrogen-bond donors (Lipinski definition) is 1. The fourth-order valence-electron chi connectivity index (χ4n) is 1.52. The predicted molar refractivity (Wildman–Crippen MR) is 61.6 cm³/mol. The first-order chi connectivity index (χ1) is 7.22. The van der Waals surface area contributed by atoms with Crippen LogP contribution in [-0.2, 0) is 11.3 Å². The Morgan fingerprint density at radius 1 is 1.20 bits per heavy atom. The summed E-state index contributed by atoms with van der Waals surface area (Å²) in [6.07, 6.45) is 1.11. The highest BCUT2D eigenvalue weighted by atomic mass is 16.5. The van der Waals surface area contributed by atoms with E-state index in [4.69, 9.17) is 9.84 Å². The van der Waals surface area contributed by atoms with Crippen LogP contribution in [0.4, 0.5) is 0 Å². The van der Waals surface area contributed by atoms with Gasteiger partial charge in [-0.2, -0.15) is 0 Å². The van der Waals surface area contributed by atoms with Crippen molar-refractivity contribution in [1.29, 1.82) is 0 Å². The summed E-state index contributed by atoms with van der Waals surface area (Å²) in [5.74, 6) is 0.316. The van der Waals surface area contributed by atoms with Gasteiger partial charge >= 0.3 is 0 Å². The van der Waals surface area contributed by atoms with Crippen molar-refractivity contribution in [2.75, 3.05) is 6.61 Å². The molecule has 1 unspecified atom stereocenters.